The van der Waals surface area contributed by atoms with E-state index in [0.29, 0.717) is 54.2 Å². The van der Waals surface area contributed by atoms with E-state index in [1.165, 1.54) is 40.5 Å². The van der Waals surface area contributed by atoms with Gasteiger partial charge < -0.3 is 9.47 Å². The van der Waals surface area contributed by atoms with Crippen LogP contribution in [0.2, 0.25) is 5.02 Å². The normalized spacial score (nSPS) is 14.8. The molecule has 1 fully saturated rings. The second kappa shape index (κ2) is 11.7. The first kappa shape index (κ1) is 25.8. The van der Waals surface area contributed by atoms with Crippen LogP contribution in [0.5, 0.6) is 5.75 Å². The van der Waals surface area contributed by atoms with Crippen LogP contribution in [0.15, 0.2) is 47.4 Å². The molecule has 1 aliphatic heterocycles. The Labute approximate surface area is 214 Å². The largest absolute Gasteiger partial charge is 0.492 e. The van der Waals surface area contributed by atoms with Crippen molar-refractivity contribution in [2.24, 2.45) is 0 Å². The average Bonchev–Trinajstić information content (AvgIpc) is 3.27. The van der Waals surface area contributed by atoms with Crippen LogP contribution in [0.3, 0.4) is 0 Å². The fourth-order valence-corrected chi connectivity index (χ4v) is 6.22. The molecule has 1 amide bonds. The number of nitrogens with zero attached hydrogens (tertiary/aromatic N) is 3. The number of amides is 1. The zero-order valence-corrected chi connectivity index (χ0v) is 21.9. The van der Waals surface area contributed by atoms with Crippen molar-refractivity contribution in [3.8, 4) is 5.75 Å². The summed E-state index contributed by atoms with van der Waals surface area (Å²) in [6, 6.07) is 11.5. The number of carbonyl (C=O) groups excluding carboxylic acids is 1. The molecule has 2 aromatic carbocycles. The molecule has 0 saturated carbocycles. The lowest BCUT2D eigenvalue weighted by molar-refractivity contribution is -0.116. The molecule has 1 saturated heterocycles. The first-order valence-corrected chi connectivity index (χ1v) is 14.3. The molecule has 0 bridgehead atoms. The van der Waals surface area contributed by atoms with Crippen LogP contribution in [0.4, 0.5) is 5.13 Å². The van der Waals surface area contributed by atoms with Crippen molar-refractivity contribution in [2.45, 2.75) is 18.2 Å². The summed E-state index contributed by atoms with van der Waals surface area (Å²) in [5.74, 6) is -0.526. The van der Waals surface area contributed by atoms with Gasteiger partial charge in [0.1, 0.15) is 17.0 Å². The number of carbonyl (C=O) groups is 1. The van der Waals surface area contributed by atoms with Gasteiger partial charge in [-0.25, -0.2) is 13.4 Å². The molecule has 0 spiro atoms. The van der Waals surface area contributed by atoms with Gasteiger partial charge in [-0.15, -0.1) is 0 Å². The summed E-state index contributed by atoms with van der Waals surface area (Å²) in [6.07, 6.45) is 0.682. The topological polar surface area (TPSA) is 89.0 Å². The maximum Gasteiger partial charge on any atom is 0.244 e. The number of benzene rings is 2. The molecule has 188 valence electrons. The SMILES string of the molecule is CCOc1cccc2sc(N(CCCN3CCOCC3)C(=O)CS(=O)(=O)c3ccc(Cl)cc3)nc12. The van der Waals surface area contributed by atoms with Crippen LogP contribution >= 0.6 is 22.9 Å². The molecule has 0 aliphatic carbocycles. The van der Waals surface area contributed by atoms with Crippen molar-refractivity contribution in [1.29, 1.82) is 0 Å². The van der Waals surface area contributed by atoms with Gasteiger partial charge in [0.05, 0.1) is 29.4 Å². The van der Waals surface area contributed by atoms with Crippen molar-refractivity contribution < 1.29 is 22.7 Å². The molecule has 35 heavy (non-hydrogen) atoms. The Kier molecular flexibility index (Phi) is 8.61. The molecule has 4 rings (SSSR count). The molecule has 1 aliphatic rings. The highest BCUT2D eigenvalue weighted by molar-refractivity contribution is 7.92. The van der Waals surface area contributed by atoms with Crippen LogP contribution in [-0.4, -0.2) is 76.0 Å². The molecule has 0 atom stereocenters. The number of para-hydroxylation sites is 1. The van der Waals surface area contributed by atoms with Gasteiger partial charge in [-0.05, 0) is 49.7 Å². The van der Waals surface area contributed by atoms with Crippen LogP contribution in [0, 0.1) is 0 Å². The van der Waals surface area contributed by atoms with Gasteiger partial charge in [0.15, 0.2) is 15.0 Å². The van der Waals surface area contributed by atoms with E-state index >= 15 is 0 Å². The number of anilines is 1. The quantitative estimate of drug-likeness (QED) is 0.388. The maximum atomic E-state index is 13.4. The number of halogens is 1. The molecule has 2 heterocycles. The van der Waals surface area contributed by atoms with E-state index in [4.69, 9.17) is 21.1 Å². The highest BCUT2D eigenvalue weighted by atomic mass is 35.5. The lowest BCUT2D eigenvalue weighted by Gasteiger charge is -2.27. The van der Waals surface area contributed by atoms with Crippen LogP contribution in [-0.2, 0) is 19.4 Å². The zero-order valence-electron chi connectivity index (χ0n) is 19.5. The van der Waals surface area contributed by atoms with E-state index in [0.717, 1.165) is 24.3 Å². The minimum Gasteiger partial charge on any atom is -0.492 e. The van der Waals surface area contributed by atoms with Gasteiger partial charge in [-0.2, -0.15) is 0 Å². The van der Waals surface area contributed by atoms with E-state index in [1.54, 1.807) is 0 Å². The summed E-state index contributed by atoms with van der Waals surface area (Å²) in [5.41, 5.74) is 0.667. The molecule has 0 unspecified atom stereocenters. The van der Waals surface area contributed by atoms with Crippen molar-refractivity contribution in [3.05, 3.63) is 47.5 Å². The number of morpholine rings is 1. The zero-order chi connectivity index (χ0) is 24.8. The molecular weight excluding hydrogens is 510 g/mol. The Bertz CT molecular complexity index is 1260. The fraction of sp³-hybridized carbons (Fsp3) is 0.417. The van der Waals surface area contributed by atoms with Gasteiger partial charge in [-0.1, -0.05) is 29.0 Å². The predicted molar refractivity (Wildman–Crippen MR) is 139 cm³/mol. The monoisotopic (exact) mass is 537 g/mol. The smallest absolute Gasteiger partial charge is 0.244 e. The number of aromatic nitrogens is 1. The van der Waals surface area contributed by atoms with E-state index in [2.05, 4.69) is 9.88 Å². The lowest BCUT2D eigenvalue weighted by Crippen LogP contribution is -2.40. The van der Waals surface area contributed by atoms with Crippen molar-refractivity contribution in [1.82, 2.24) is 9.88 Å². The second-order valence-electron chi connectivity index (χ2n) is 8.10. The Morgan fingerprint density at radius 1 is 1.20 bits per heavy atom. The predicted octanol–water partition coefficient (Wildman–Crippen LogP) is 3.88. The summed E-state index contributed by atoms with van der Waals surface area (Å²) in [7, 11) is -3.85. The minimum atomic E-state index is -3.85. The number of hydrogen-bond donors (Lipinski definition) is 0. The van der Waals surface area contributed by atoms with Gasteiger partial charge in [0, 0.05) is 31.2 Å². The third-order valence-electron chi connectivity index (χ3n) is 5.65. The summed E-state index contributed by atoms with van der Waals surface area (Å²) in [6.45, 7) is 6.61. The molecule has 0 N–H and O–H groups in total. The Hall–Kier alpha value is -2.24. The molecule has 8 nitrogen and oxygen atoms in total. The van der Waals surface area contributed by atoms with Crippen LogP contribution in [0.25, 0.3) is 10.2 Å². The van der Waals surface area contributed by atoms with Crippen LogP contribution < -0.4 is 9.64 Å². The lowest BCUT2D eigenvalue weighted by atomic mass is 10.3. The number of ether oxygens (including phenoxy) is 2. The van der Waals surface area contributed by atoms with E-state index in [-0.39, 0.29) is 4.90 Å². The molecule has 0 radical (unpaired) electrons. The third kappa shape index (κ3) is 6.50. The minimum absolute atomic E-state index is 0.0615. The first-order valence-electron chi connectivity index (χ1n) is 11.5. The third-order valence-corrected chi connectivity index (χ3v) is 8.56. The Morgan fingerprint density at radius 2 is 1.94 bits per heavy atom. The van der Waals surface area contributed by atoms with Gasteiger partial charge in [0.25, 0.3) is 0 Å². The summed E-state index contributed by atoms with van der Waals surface area (Å²) < 4.78 is 37.9. The molecule has 3 aromatic rings. The van der Waals surface area contributed by atoms with Crippen molar-refractivity contribution in [3.63, 3.8) is 0 Å². The maximum absolute atomic E-state index is 13.4. The number of rotatable bonds is 10. The fourth-order valence-electron chi connectivity index (χ4n) is 3.87. The van der Waals surface area contributed by atoms with E-state index < -0.39 is 21.5 Å². The first-order chi connectivity index (χ1) is 16.9. The van der Waals surface area contributed by atoms with Crippen molar-refractivity contribution >= 4 is 54.0 Å². The Morgan fingerprint density at radius 3 is 2.66 bits per heavy atom. The standard InChI is InChI=1S/C24H28ClN3O5S2/c1-2-33-20-5-3-6-21-23(20)26-24(34-21)28(12-4-11-27-13-15-32-16-14-27)22(29)17-35(30,31)19-9-7-18(25)8-10-19/h3,5-10H,2,4,11-17H2,1H3. The highest BCUT2D eigenvalue weighted by Crippen LogP contribution is 2.34. The Balaban J connectivity index is 1.58. The van der Waals surface area contributed by atoms with Gasteiger partial charge in [-0.3, -0.25) is 14.6 Å². The van der Waals surface area contributed by atoms with Gasteiger partial charge in [0.2, 0.25) is 5.91 Å². The number of thiazole rings is 1. The van der Waals surface area contributed by atoms with Gasteiger partial charge >= 0.3 is 0 Å². The van der Waals surface area contributed by atoms with E-state index in [9.17, 15) is 13.2 Å². The number of sulfone groups is 1. The molecule has 11 heteroatoms. The summed E-state index contributed by atoms with van der Waals surface area (Å²) >= 11 is 7.25. The average molecular weight is 538 g/mol. The number of fused-ring (bicyclic) bond motifs is 1. The highest BCUT2D eigenvalue weighted by Gasteiger charge is 2.27. The summed E-state index contributed by atoms with van der Waals surface area (Å²) in [5, 5.41) is 0.894. The number of hydrogen-bond acceptors (Lipinski definition) is 8. The summed E-state index contributed by atoms with van der Waals surface area (Å²) in [4.78, 5) is 21.9. The van der Waals surface area contributed by atoms with E-state index in [1.807, 2.05) is 25.1 Å². The molecular formula is C24H28ClN3O5S2. The van der Waals surface area contributed by atoms with Crippen LogP contribution in [0.1, 0.15) is 13.3 Å². The van der Waals surface area contributed by atoms with Crippen molar-refractivity contribution in [2.75, 3.05) is 56.7 Å². The molecule has 1 aromatic heterocycles. The second-order valence-corrected chi connectivity index (χ2v) is 11.5.